The van der Waals surface area contributed by atoms with Gasteiger partial charge < -0.3 is 19.5 Å². The predicted octanol–water partition coefficient (Wildman–Crippen LogP) is 4.20. The molecule has 32 heavy (non-hydrogen) atoms. The van der Waals surface area contributed by atoms with E-state index >= 15 is 0 Å². The molecular weight excluding hydrogens is 402 g/mol. The topological polar surface area (TPSA) is 63.6 Å². The lowest BCUT2D eigenvalue weighted by atomic mass is 9.98. The van der Waals surface area contributed by atoms with Gasteiger partial charge in [-0.15, -0.1) is 0 Å². The van der Waals surface area contributed by atoms with Gasteiger partial charge in [-0.2, -0.15) is 0 Å². The maximum absolute atomic E-state index is 13.6. The van der Waals surface area contributed by atoms with Gasteiger partial charge in [-0.05, 0) is 49.9 Å². The van der Waals surface area contributed by atoms with Crippen molar-refractivity contribution in [3.8, 4) is 0 Å². The Kier molecular flexibility index (Phi) is 5.96. The fraction of sp³-hybridized carbons (Fsp3) is 0.385. The fourth-order valence-corrected chi connectivity index (χ4v) is 4.36. The molecule has 1 aliphatic rings. The van der Waals surface area contributed by atoms with Gasteiger partial charge in [0.15, 0.2) is 0 Å². The minimum Gasteiger partial charge on any atom is -0.444 e. The van der Waals surface area contributed by atoms with E-state index in [2.05, 4.69) is 34.1 Å². The first-order valence-electron chi connectivity index (χ1n) is 11.1. The normalized spacial score (nSPS) is 14.7. The van der Waals surface area contributed by atoms with Gasteiger partial charge in [0.05, 0.1) is 0 Å². The first-order valence-corrected chi connectivity index (χ1v) is 11.1. The number of hydrogen-bond donors (Lipinski definition) is 1. The average Bonchev–Trinajstić information content (AvgIpc) is 3.06. The molecule has 0 aliphatic carbocycles. The molecule has 0 spiro atoms. The van der Waals surface area contributed by atoms with Crippen LogP contribution in [0.25, 0.3) is 10.9 Å². The molecule has 0 fully saturated rings. The lowest BCUT2D eigenvalue weighted by Crippen LogP contribution is -2.51. The second kappa shape index (κ2) is 8.69. The van der Waals surface area contributed by atoms with Crippen molar-refractivity contribution in [1.82, 2.24) is 14.8 Å². The third-order valence-electron chi connectivity index (χ3n) is 5.83. The number of ether oxygens (including phenoxy) is 1. The van der Waals surface area contributed by atoms with Crippen LogP contribution in [0.4, 0.5) is 4.79 Å². The van der Waals surface area contributed by atoms with E-state index in [0.29, 0.717) is 19.5 Å². The standard InChI is InChI=1S/C26H31N3O3/c1-26(2,3)32-25(31)27-22(15-20-16-28(4)23-12-8-7-11-21(20)23)24(30)29-14-13-18-9-5-6-10-19(18)17-29/h5-12,16,22H,13-15,17H2,1-4H3,(H,27,31)/t22-/m1/s1. The number of alkyl carbamates (subject to hydrolysis) is 1. The number of nitrogens with zero attached hydrogens (tertiary/aromatic N) is 2. The first-order chi connectivity index (χ1) is 15.2. The van der Waals surface area contributed by atoms with Crippen molar-refractivity contribution in [3.05, 3.63) is 71.4 Å². The van der Waals surface area contributed by atoms with Crippen LogP contribution in [0.1, 0.15) is 37.5 Å². The number of para-hydroxylation sites is 1. The van der Waals surface area contributed by atoms with Crippen LogP contribution >= 0.6 is 0 Å². The van der Waals surface area contributed by atoms with E-state index in [1.54, 1.807) is 0 Å². The molecule has 3 aromatic rings. The van der Waals surface area contributed by atoms with Crippen LogP contribution in [0, 0.1) is 0 Å². The molecule has 168 valence electrons. The fourth-order valence-electron chi connectivity index (χ4n) is 4.36. The summed E-state index contributed by atoms with van der Waals surface area (Å²) in [5, 5.41) is 3.94. The highest BCUT2D eigenvalue weighted by molar-refractivity contribution is 5.89. The monoisotopic (exact) mass is 433 g/mol. The van der Waals surface area contributed by atoms with Crippen molar-refractivity contribution in [3.63, 3.8) is 0 Å². The third kappa shape index (κ3) is 4.79. The van der Waals surface area contributed by atoms with E-state index in [0.717, 1.165) is 28.5 Å². The summed E-state index contributed by atoms with van der Waals surface area (Å²) in [6.07, 6.45) is 2.67. The van der Waals surface area contributed by atoms with Crippen LogP contribution < -0.4 is 5.32 Å². The second-order valence-corrected chi connectivity index (χ2v) is 9.46. The van der Waals surface area contributed by atoms with Crippen molar-refractivity contribution in [2.75, 3.05) is 6.54 Å². The minimum atomic E-state index is -0.707. The molecule has 2 amide bonds. The van der Waals surface area contributed by atoms with Gasteiger partial charge in [0, 0.05) is 43.7 Å². The van der Waals surface area contributed by atoms with E-state index < -0.39 is 17.7 Å². The number of fused-ring (bicyclic) bond motifs is 2. The van der Waals surface area contributed by atoms with Crippen LogP contribution in [-0.2, 0) is 36.0 Å². The molecule has 0 saturated carbocycles. The molecule has 6 nitrogen and oxygen atoms in total. The Morgan fingerprint density at radius 1 is 1.06 bits per heavy atom. The zero-order chi connectivity index (χ0) is 22.9. The van der Waals surface area contributed by atoms with Crippen LogP contribution in [0.3, 0.4) is 0 Å². The number of benzene rings is 2. The van der Waals surface area contributed by atoms with Crippen molar-refractivity contribution < 1.29 is 14.3 Å². The zero-order valence-electron chi connectivity index (χ0n) is 19.2. The van der Waals surface area contributed by atoms with Crippen molar-refractivity contribution in [2.24, 2.45) is 7.05 Å². The maximum atomic E-state index is 13.6. The number of amides is 2. The summed E-state index contributed by atoms with van der Waals surface area (Å²) in [6, 6.07) is 15.6. The Hall–Kier alpha value is -3.28. The van der Waals surface area contributed by atoms with Crippen LogP contribution in [0.2, 0.25) is 0 Å². The lowest BCUT2D eigenvalue weighted by Gasteiger charge is -2.32. The van der Waals surface area contributed by atoms with E-state index in [9.17, 15) is 9.59 Å². The van der Waals surface area contributed by atoms with Crippen LogP contribution in [0.5, 0.6) is 0 Å². The molecule has 6 heteroatoms. The van der Waals surface area contributed by atoms with Gasteiger partial charge >= 0.3 is 6.09 Å². The Morgan fingerprint density at radius 2 is 1.75 bits per heavy atom. The molecule has 0 radical (unpaired) electrons. The summed E-state index contributed by atoms with van der Waals surface area (Å²) in [5.74, 6) is -0.0849. The number of carbonyl (C=O) groups excluding carboxylic acids is 2. The number of aryl methyl sites for hydroxylation is 1. The van der Waals surface area contributed by atoms with Gasteiger partial charge in [-0.3, -0.25) is 4.79 Å². The molecule has 2 heterocycles. The van der Waals surface area contributed by atoms with Gasteiger partial charge in [0.2, 0.25) is 5.91 Å². The zero-order valence-corrected chi connectivity index (χ0v) is 19.2. The first kappa shape index (κ1) is 21.9. The SMILES string of the molecule is Cn1cc(C[C@@H](NC(=O)OC(C)(C)C)C(=O)N2CCc3ccccc3C2)c2ccccc21. The van der Waals surface area contributed by atoms with E-state index in [1.807, 2.05) is 63.2 Å². The Balaban J connectivity index is 1.60. The van der Waals surface area contributed by atoms with Gasteiger partial charge in [0.1, 0.15) is 11.6 Å². The Bertz CT molecular complexity index is 1140. The van der Waals surface area contributed by atoms with Crippen molar-refractivity contribution in [2.45, 2.75) is 51.8 Å². The van der Waals surface area contributed by atoms with Gasteiger partial charge in [-0.1, -0.05) is 42.5 Å². The molecule has 0 bridgehead atoms. The summed E-state index contributed by atoms with van der Waals surface area (Å²) in [4.78, 5) is 28.1. The highest BCUT2D eigenvalue weighted by Crippen LogP contribution is 2.24. The third-order valence-corrected chi connectivity index (χ3v) is 5.83. The van der Waals surface area contributed by atoms with E-state index in [4.69, 9.17) is 4.74 Å². The van der Waals surface area contributed by atoms with E-state index in [-0.39, 0.29) is 5.91 Å². The van der Waals surface area contributed by atoms with Gasteiger partial charge in [-0.25, -0.2) is 4.79 Å². The largest absolute Gasteiger partial charge is 0.444 e. The number of hydrogen-bond acceptors (Lipinski definition) is 3. The maximum Gasteiger partial charge on any atom is 0.408 e. The molecule has 1 aliphatic heterocycles. The Labute approximate surface area is 189 Å². The van der Waals surface area contributed by atoms with Gasteiger partial charge in [0.25, 0.3) is 0 Å². The number of nitrogens with one attached hydrogen (secondary N) is 1. The highest BCUT2D eigenvalue weighted by atomic mass is 16.6. The van der Waals surface area contributed by atoms with Crippen molar-refractivity contribution >= 4 is 22.9 Å². The van der Waals surface area contributed by atoms with Crippen LogP contribution in [-0.4, -0.2) is 39.7 Å². The molecule has 1 N–H and O–H groups in total. The average molecular weight is 434 g/mol. The summed E-state index contributed by atoms with van der Waals surface area (Å²) in [5.41, 5.74) is 3.92. The number of aromatic nitrogens is 1. The van der Waals surface area contributed by atoms with Crippen LogP contribution in [0.15, 0.2) is 54.7 Å². The summed E-state index contributed by atoms with van der Waals surface area (Å²) in [6.45, 7) is 6.63. The molecule has 2 aromatic carbocycles. The summed E-state index contributed by atoms with van der Waals surface area (Å²) < 4.78 is 7.52. The molecule has 0 saturated heterocycles. The number of rotatable bonds is 4. The molecule has 1 atom stereocenters. The molecular formula is C26H31N3O3. The van der Waals surface area contributed by atoms with Crippen molar-refractivity contribution in [1.29, 1.82) is 0 Å². The van der Waals surface area contributed by atoms with E-state index in [1.165, 1.54) is 5.56 Å². The Morgan fingerprint density at radius 3 is 2.50 bits per heavy atom. The highest BCUT2D eigenvalue weighted by Gasteiger charge is 2.31. The smallest absolute Gasteiger partial charge is 0.408 e. The quantitative estimate of drug-likeness (QED) is 0.671. The number of carbonyl (C=O) groups is 2. The molecule has 1 aromatic heterocycles. The summed E-state index contributed by atoms with van der Waals surface area (Å²) >= 11 is 0. The second-order valence-electron chi connectivity index (χ2n) is 9.46. The molecule has 0 unspecified atom stereocenters. The lowest BCUT2D eigenvalue weighted by molar-refractivity contribution is -0.134. The summed E-state index contributed by atoms with van der Waals surface area (Å²) in [7, 11) is 1.99. The predicted molar refractivity (Wildman–Crippen MR) is 125 cm³/mol. The minimum absolute atomic E-state index is 0.0849. The molecule has 4 rings (SSSR count).